The fraction of sp³-hybridized carbons (Fsp3) is 0.833. The summed E-state index contributed by atoms with van der Waals surface area (Å²) in [5, 5.41) is 21.5. The number of amidine groups is 1. The van der Waals surface area contributed by atoms with Crippen LogP contribution in [0.25, 0.3) is 0 Å². The molecule has 0 saturated carbocycles. The second-order valence-electron chi connectivity index (χ2n) is 5.19. The Labute approximate surface area is 107 Å². The first kappa shape index (κ1) is 14.8. The number of oxime groups is 1. The van der Waals surface area contributed by atoms with Gasteiger partial charge < -0.3 is 20.9 Å². The van der Waals surface area contributed by atoms with Crippen LogP contribution in [-0.4, -0.2) is 45.6 Å². The molecule has 0 bridgehead atoms. The highest BCUT2D eigenvalue weighted by molar-refractivity contribution is 6.02. The average Bonchev–Trinajstić information content (AvgIpc) is 2.34. The van der Waals surface area contributed by atoms with E-state index in [0.717, 1.165) is 6.42 Å². The zero-order valence-electron chi connectivity index (χ0n) is 11.1. The van der Waals surface area contributed by atoms with Crippen LogP contribution in [0, 0.1) is 5.92 Å². The number of nitrogens with two attached hydrogens (primary N) is 1. The molecule has 1 unspecified atom stereocenters. The molecule has 1 saturated heterocycles. The number of amides is 1. The van der Waals surface area contributed by atoms with Crippen molar-refractivity contribution in [1.29, 1.82) is 0 Å². The van der Waals surface area contributed by atoms with Crippen molar-refractivity contribution < 1.29 is 15.1 Å². The molecule has 0 spiro atoms. The number of carbonyl (C=O) groups is 1. The van der Waals surface area contributed by atoms with Crippen molar-refractivity contribution in [2.24, 2.45) is 16.8 Å². The number of likely N-dealkylation sites (tertiary alicyclic amines) is 1. The number of hydrogen-bond acceptors (Lipinski definition) is 4. The first-order chi connectivity index (χ1) is 8.41. The van der Waals surface area contributed by atoms with Gasteiger partial charge in [-0.25, -0.2) is 0 Å². The fourth-order valence-corrected chi connectivity index (χ4v) is 2.19. The summed E-state index contributed by atoms with van der Waals surface area (Å²) >= 11 is 0. The van der Waals surface area contributed by atoms with Crippen LogP contribution in [-0.2, 0) is 4.79 Å². The van der Waals surface area contributed by atoms with Gasteiger partial charge in [0.1, 0.15) is 0 Å². The zero-order valence-corrected chi connectivity index (χ0v) is 11.1. The van der Waals surface area contributed by atoms with E-state index in [1.165, 1.54) is 0 Å². The molecule has 1 atom stereocenters. The third kappa shape index (κ3) is 3.60. The predicted molar refractivity (Wildman–Crippen MR) is 68.2 cm³/mol. The number of aliphatic hydroxyl groups is 1. The Morgan fingerprint density at radius 3 is 2.50 bits per heavy atom. The van der Waals surface area contributed by atoms with Gasteiger partial charge in [0.15, 0.2) is 5.84 Å². The lowest BCUT2D eigenvalue weighted by molar-refractivity contribution is -0.137. The van der Waals surface area contributed by atoms with E-state index < -0.39 is 11.5 Å². The fourth-order valence-electron chi connectivity index (χ4n) is 2.19. The van der Waals surface area contributed by atoms with Gasteiger partial charge in [-0.15, -0.1) is 0 Å². The minimum Gasteiger partial charge on any atom is -0.409 e. The number of rotatable bonds is 4. The molecule has 0 aliphatic carbocycles. The van der Waals surface area contributed by atoms with Gasteiger partial charge in [-0.3, -0.25) is 4.79 Å². The van der Waals surface area contributed by atoms with Crippen molar-refractivity contribution >= 4 is 11.7 Å². The van der Waals surface area contributed by atoms with E-state index in [9.17, 15) is 9.90 Å². The van der Waals surface area contributed by atoms with Gasteiger partial charge in [-0.05, 0) is 26.2 Å². The summed E-state index contributed by atoms with van der Waals surface area (Å²) in [6.45, 7) is 4.77. The van der Waals surface area contributed by atoms with Crippen LogP contribution >= 0.6 is 0 Å². The molecule has 6 nitrogen and oxygen atoms in total. The SMILES string of the molecule is CCCC(C(=O)N1CCC(C)(O)CC1)C(N)=NO. The highest BCUT2D eigenvalue weighted by atomic mass is 16.4. The molecule has 1 heterocycles. The molecule has 1 aliphatic heterocycles. The van der Waals surface area contributed by atoms with E-state index in [-0.39, 0.29) is 11.7 Å². The van der Waals surface area contributed by atoms with Gasteiger partial charge in [-0.2, -0.15) is 0 Å². The normalized spacial score (nSPS) is 21.7. The third-order valence-electron chi connectivity index (χ3n) is 3.50. The maximum absolute atomic E-state index is 12.3. The Balaban J connectivity index is 2.67. The molecular weight excluding hydrogens is 234 g/mol. The van der Waals surface area contributed by atoms with E-state index >= 15 is 0 Å². The van der Waals surface area contributed by atoms with Crippen LogP contribution in [0.4, 0.5) is 0 Å². The lowest BCUT2D eigenvalue weighted by Gasteiger charge is -2.37. The summed E-state index contributed by atoms with van der Waals surface area (Å²) in [4.78, 5) is 14.0. The van der Waals surface area contributed by atoms with Gasteiger partial charge in [0, 0.05) is 13.1 Å². The Kier molecular flexibility index (Phi) is 4.95. The summed E-state index contributed by atoms with van der Waals surface area (Å²) in [7, 11) is 0. The molecule has 0 aromatic carbocycles. The van der Waals surface area contributed by atoms with Crippen molar-refractivity contribution in [3.63, 3.8) is 0 Å². The number of hydrogen-bond donors (Lipinski definition) is 3. The smallest absolute Gasteiger partial charge is 0.233 e. The van der Waals surface area contributed by atoms with Crippen molar-refractivity contribution in [3.05, 3.63) is 0 Å². The van der Waals surface area contributed by atoms with Crippen molar-refractivity contribution in [1.82, 2.24) is 4.90 Å². The lowest BCUT2D eigenvalue weighted by atomic mass is 9.92. The lowest BCUT2D eigenvalue weighted by Crippen LogP contribution is -2.49. The maximum atomic E-state index is 12.3. The molecule has 1 rings (SSSR count). The molecule has 6 heteroatoms. The first-order valence-electron chi connectivity index (χ1n) is 6.40. The van der Waals surface area contributed by atoms with Crippen LogP contribution in [0.1, 0.15) is 39.5 Å². The summed E-state index contributed by atoms with van der Waals surface area (Å²) in [6.07, 6.45) is 2.49. The molecule has 18 heavy (non-hydrogen) atoms. The number of carbonyl (C=O) groups excluding carboxylic acids is 1. The molecule has 1 amide bonds. The molecule has 0 radical (unpaired) electrons. The summed E-state index contributed by atoms with van der Waals surface area (Å²) < 4.78 is 0. The minimum absolute atomic E-state index is 0.0285. The van der Waals surface area contributed by atoms with Crippen LogP contribution in [0.5, 0.6) is 0 Å². The Bertz CT molecular complexity index is 319. The van der Waals surface area contributed by atoms with Gasteiger partial charge in [0.25, 0.3) is 0 Å². The Morgan fingerprint density at radius 1 is 1.50 bits per heavy atom. The highest BCUT2D eigenvalue weighted by Gasteiger charge is 2.33. The second kappa shape index (κ2) is 6.04. The largest absolute Gasteiger partial charge is 0.409 e. The quantitative estimate of drug-likeness (QED) is 0.296. The van der Waals surface area contributed by atoms with E-state index in [2.05, 4.69) is 5.16 Å². The predicted octanol–water partition coefficient (Wildman–Crippen LogP) is 0.523. The number of piperidine rings is 1. The summed E-state index contributed by atoms with van der Waals surface area (Å²) in [6, 6.07) is 0. The zero-order chi connectivity index (χ0) is 13.8. The first-order valence-corrected chi connectivity index (χ1v) is 6.40. The van der Waals surface area contributed by atoms with Gasteiger partial charge in [-0.1, -0.05) is 18.5 Å². The Hall–Kier alpha value is -1.30. The molecule has 1 fully saturated rings. The van der Waals surface area contributed by atoms with Gasteiger partial charge in [0.2, 0.25) is 5.91 Å². The van der Waals surface area contributed by atoms with Crippen LogP contribution in [0.15, 0.2) is 5.16 Å². The van der Waals surface area contributed by atoms with Crippen molar-refractivity contribution in [2.75, 3.05) is 13.1 Å². The molecule has 4 N–H and O–H groups in total. The van der Waals surface area contributed by atoms with Crippen LogP contribution in [0.3, 0.4) is 0 Å². The molecule has 0 aromatic rings. The van der Waals surface area contributed by atoms with E-state index in [1.54, 1.807) is 11.8 Å². The average molecular weight is 257 g/mol. The van der Waals surface area contributed by atoms with E-state index in [1.807, 2.05) is 6.92 Å². The second-order valence-corrected chi connectivity index (χ2v) is 5.19. The van der Waals surface area contributed by atoms with Gasteiger partial charge >= 0.3 is 0 Å². The molecule has 104 valence electrons. The van der Waals surface area contributed by atoms with Crippen LogP contribution < -0.4 is 5.73 Å². The summed E-state index contributed by atoms with van der Waals surface area (Å²) in [5.74, 6) is -0.690. The Morgan fingerprint density at radius 2 is 2.06 bits per heavy atom. The van der Waals surface area contributed by atoms with Crippen LogP contribution in [0.2, 0.25) is 0 Å². The molecule has 0 aromatic heterocycles. The molecular formula is C12H23N3O3. The summed E-state index contributed by atoms with van der Waals surface area (Å²) in [5.41, 5.74) is 4.88. The highest BCUT2D eigenvalue weighted by Crippen LogP contribution is 2.23. The minimum atomic E-state index is -0.687. The number of nitrogens with zero attached hydrogens (tertiary/aromatic N) is 2. The van der Waals surface area contributed by atoms with Crippen molar-refractivity contribution in [3.8, 4) is 0 Å². The maximum Gasteiger partial charge on any atom is 0.233 e. The monoisotopic (exact) mass is 257 g/mol. The van der Waals surface area contributed by atoms with E-state index in [4.69, 9.17) is 10.9 Å². The van der Waals surface area contributed by atoms with Gasteiger partial charge in [0.05, 0.1) is 11.5 Å². The topological polar surface area (TPSA) is 99.2 Å². The van der Waals surface area contributed by atoms with Crippen molar-refractivity contribution in [2.45, 2.75) is 45.1 Å². The molecule has 1 aliphatic rings. The standard InChI is InChI=1S/C12H23N3O3/c1-3-4-9(10(13)14-18)11(16)15-7-5-12(2,17)6-8-15/h9,17-18H,3-8H2,1-2H3,(H2,13,14). The third-order valence-corrected chi connectivity index (χ3v) is 3.50. The van der Waals surface area contributed by atoms with E-state index in [0.29, 0.717) is 32.4 Å².